The van der Waals surface area contributed by atoms with Crippen molar-refractivity contribution < 1.29 is 9.53 Å². The van der Waals surface area contributed by atoms with Crippen LogP contribution >= 0.6 is 0 Å². The number of ether oxygens (including phenoxy) is 1. The maximum Gasteiger partial charge on any atom is 0.242 e. The lowest BCUT2D eigenvalue weighted by Crippen LogP contribution is -2.61. The van der Waals surface area contributed by atoms with E-state index in [1.54, 1.807) is 19.6 Å². The number of benzene rings is 1. The number of hydrogen-bond donors (Lipinski definition) is 0. The van der Waals surface area contributed by atoms with Crippen LogP contribution < -0.4 is 9.64 Å². The summed E-state index contributed by atoms with van der Waals surface area (Å²) in [7, 11) is 1.67. The van der Waals surface area contributed by atoms with Crippen LogP contribution in [0.15, 0.2) is 43.0 Å². The topological polar surface area (TPSA) is 50.6 Å². The van der Waals surface area contributed by atoms with E-state index >= 15 is 0 Å². The minimum atomic E-state index is -0.128. The minimum Gasteiger partial charge on any atom is -0.497 e. The Kier molecular flexibility index (Phi) is 4.46. The number of aromatic nitrogens is 2. The van der Waals surface area contributed by atoms with Crippen molar-refractivity contribution in [2.75, 3.05) is 31.6 Å². The van der Waals surface area contributed by atoms with E-state index in [0.717, 1.165) is 24.5 Å². The summed E-state index contributed by atoms with van der Waals surface area (Å²) in [6.45, 7) is 6.94. The molecule has 0 radical (unpaired) electrons. The summed E-state index contributed by atoms with van der Waals surface area (Å²) in [6, 6.07) is 8.09. The van der Waals surface area contributed by atoms with E-state index < -0.39 is 0 Å². The summed E-state index contributed by atoms with van der Waals surface area (Å²) in [6.07, 6.45) is 5.19. The van der Waals surface area contributed by atoms with Gasteiger partial charge in [-0.3, -0.25) is 4.79 Å². The molecule has 2 heterocycles. The summed E-state index contributed by atoms with van der Waals surface area (Å²) in [5.41, 5.74) is 1.03. The molecule has 0 saturated carbocycles. The Morgan fingerprint density at radius 2 is 2.00 bits per heavy atom. The van der Waals surface area contributed by atoms with Crippen LogP contribution in [-0.2, 0) is 11.3 Å². The van der Waals surface area contributed by atoms with Crippen molar-refractivity contribution >= 4 is 11.6 Å². The lowest BCUT2D eigenvalue weighted by atomic mass is 9.97. The molecular weight excluding hydrogens is 304 g/mol. The summed E-state index contributed by atoms with van der Waals surface area (Å²) >= 11 is 0. The van der Waals surface area contributed by atoms with Gasteiger partial charge in [-0.05, 0) is 38.1 Å². The van der Waals surface area contributed by atoms with Crippen LogP contribution in [0.25, 0.3) is 0 Å². The maximum atomic E-state index is 12.5. The summed E-state index contributed by atoms with van der Waals surface area (Å²) < 4.78 is 7.04. The van der Waals surface area contributed by atoms with Gasteiger partial charge in [0.2, 0.25) is 5.91 Å². The highest BCUT2D eigenvalue weighted by atomic mass is 16.5. The molecule has 1 amide bonds. The first kappa shape index (κ1) is 16.4. The first-order chi connectivity index (χ1) is 11.5. The first-order valence-corrected chi connectivity index (χ1v) is 8.15. The number of carbonyl (C=O) groups is 1. The van der Waals surface area contributed by atoms with Crippen molar-refractivity contribution in [3.05, 3.63) is 43.0 Å². The van der Waals surface area contributed by atoms with Crippen molar-refractivity contribution in [3.8, 4) is 5.75 Å². The summed E-state index contributed by atoms with van der Waals surface area (Å²) in [4.78, 5) is 20.8. The molecule has 0 aliphatic carbocycles. The van der Waals surface area contributed by atoms with Gasteiger partial charge in [0.05, 0.1) is 19.0 Å². The lowest BCUT2D eigenvalue weighted by Gasteiger charge is -2.48. The molecule has 0 bridgehead atoms. The van der Waals surface area contributed by atoms with Gasteiger partial charge in [-0.15, -0.1) is 0 Å². The van der Waals surface area contributed by atoms with Gasteiger partial charge < -0.3 is 19.1 Å². The van der Waals surface area contributed by atoms with E-state index in [-0.39, 0.29) is 11.4 Å². The third kappa shape index (κ3) is 3.37. The van der Waals surface area contributed by atoms with Crippen LogP contribution in [0.2, 0.25) is 0 Å². The molecule has 3 rings (SSSR count). The molecule has 1 aliphatic heterocycles. The van der Waals surface area contributed by atoms with E-state index in [1.807, 2.05) is 27.8 Å². The smallest absolute Gasteiger partial charge is 0.242 e. The van der Waals surface area contributed by atoms with Crippen LogP contribution in [0.1, 0.15) is 13.8 Å². The van der Waals surface area contributed by atoms with E-state index in [4.69, 9.17) is 4.74 Å². The quantitative estimate of drug-likeness (QED) is 0.862. The average molecular weight is 328 g/mol. The van der Waals surface area contributed by atoms with Gasteiger partial charge in [0.25, 0.3) is 0 Å². The van der Waals surface area contributed by atoms with Crippen molar-refractivity contribution in [1.29, 1.82) is 0 Å². The standard InChI is InChI=1S/C18H24N4O2/c1-18(2)13-21(17(23)12-20-9-8-19-14-20)10-11-22(18)15-4-6-16(24-3)7-5-15/h4-9,14H,10-13H2,1-3H3. The van der Waals surface area contributed by atoms with E-state index in [0.29, 0.717) is 13.1 Å². The Morgan fingerprint density at radius 1 is 1.25 bits per heavy atom. The fourth-order valence-electron chi connectivity index (χ4n) is 3.24. The van der Waals surface area contributed by atoms with Gasteiger partial charge >= 0.3 is 0 Å². The molecule has 1 aliphatic rings. The largest absolute Gasteiger partial charge is 0.497 e. The van der Waals surface area contributed by atoms with Gasteiger partial charge in [-0.25, -0.2) is 4.98 Å². The van der Waals surface area contributed by atoms with Gasteiger partial charge in [-0.2, -0.15) is 0 Å². The predicted molar refractivity (Wildman–Crippen MR) is 93.2 cm³/mol. The highest BCUT2D eigenvalue weighted by Crippen LogP contribution is 2.29. The SMILES string of the molecule is COc1ccc(N2CCN(C(=O)Cn3ccnc3)CC2(C)C)cc1. The number of carbonyl (C=O) groups excluding carboxylic acids is 1. The Bertz CT molecular complexity index is 680. The first-order valence-electron chi connectivity index (χ1n) is 8.15. The second-order valence-electron chi connectivity index (χ2n) is 6.71. The van der Waals surface area contributed by atoms with Crippen molar-refractivity contribution in [2.45, 2.75) is 25.9 Å². The van der Waals surface area contributed by atoms with Crippen LogP contribution in [0.3, 0.4) is 0 Å². The second-order valence-corrected chi connectivity index (χ2v) is 6.71. The number of anilines is 1. The van der Waals surface area contributed by atoms with Crippen molar-refractivity contribution in [2.24, 2.45) is 0 Å². The lowest BCUT2D eigenvalue weighted by molar-refractivity contribution is -0.133. The van der Waals surface area contributed by atoms with Crippen molar-refractivity contribution in [3.63, 3.8) is 0 Å². The van der Waals surface area contributed by atoms with Crippen LogP contribution in [-0.4, -0.2) is 52.6 Å². The Labute approximate surface area is 142 Å². The highest BCUT2D eigenvalue weighted by Gasteiger charge is 2.35. The third-order valence-corrected chi connectivity index (χ3v) is 4.52. The van der Waals surface area contributed by atoms with Crippen LogP contribution in [0.4, 0.5) is 5.69 Å². The van der Waals surface area contributed by atoms with E-state index in [2.05, 4.69) is 35.9 Å². The molecule has 6 heteroatoms. The zero-order chi connectivity index (χ0) is 17.2. The molecule has 0 unspecified atom stereocenters. The summed E-state index contributed by atoms with van der Waals surface area (Å²) in [5, 5.41) is 0. The van der Waals surface area contributed by atoms with Gasteiger partial charge in [0.15, 0.2) is 0 Å². The average Bonchev–Trinajstić information content (AvgIpc) is 3.07. The molecule has 0 spiro atoms. The number of hydrogen-bond acceptors (Lipinski definition) is 4. The molecule has 128 valence electrons. The molecule has 1 aromatic heterocycles. The normalized spacial score (nSPS) is 17.0. The number of methoxy groups -OCH3 is 1. The fraction of sp³-hybridized carbons (Fsp3) is 0.444. The van der Waals surface area contributed by atoms with E-state index in [1.165, 1.54) is 0 Å². The van der Waals surface area contributed by atoms with Crippen LogP contribution in [0, 0.1) is 0 Å². The Morgan fingerprint density at radius 3 is 2.58 bits per heavy atom. The number of amides is 1. The maximum absolute atomic E-state index is 12.5. The Hall–Kier alpha value is -2.50. The number of nitrogens with zero attached hydrogens (tertiary/aromatic N) is 4. The molecule has 6 nitrogen and oxygen atoms in total. The predicted octanol–water partition coefficient (Wildman–Crippen LogP) is 2.02. The van der Waals surface area contributed by atoms with Gasteiger partial charge in [0.1, 0.15) is 12.3 Å². The molecule has 1 saturated heterocycles. The zero-order valence-corrected chi connectivity index (χ0v) is 14.5. The molecule has 2 aromatic rings. The molecule has 24 heavy (non-hydrogen) atoms. The van der Waals surface area contributed by atoms with Crippen molar-refractivity contribution in [1.82, 2.24) is 14.5 Å². The highest BCUT2D eigenvalue weighted by molar-refractivity contribution is 5.76. The van der Waals surface area contributed by atoms with Gasteiger partial charge in [-0.1, -0.05) is 0 Å². The summed E-state index contributed by atoms with van der Waals surface area (Å²) in [5.74, 6) is 0.987. The molecule has 0 N–H and O–H groups in total. The van der Waals surface area contributed by atoms with Gasteiger partial charge in [0, 0.05) is 37.7 Å². The molecule has 0 atom stereocenters. The molecular formula is C18H24N4O2. The monoisotopic (exact) mass is 328 g/mol. The molecule has 1 fully saturated rings. The van der Waals surface area contributed by atoms with E-state index in [9.17, 15) is 4.79 Å². The minimum absolute atomic E-state index is 0.128. The fourth-order valence-corrected chi connectivity index (χ4v) is 3.24. The number of imidazole rings is 1. The number of piperazine rings is 1. The van der Waals surface area contributed by atoms with Crippen LogP contribution in [0.5, 0.6) is 5.75 Å². The third-order valence-electron chi connectivity index (χ3n) is 4.52. The molecule has 1 aromatic carbocycles. The number of rotatable bonds is 4. The second kappa shape index (κ2) is 6.55. The zero-order valence-electron chi connectivity index (χ0n) is 14.5. The Balaban J connectivity index is 1.68.